The van der Waals surface area contributed by atoms with Gasteiger partial charge in [0.1, 0.15) is 11.6 Å². The van der Waals surface area contributed by atoms with Crippen molar-refractivity contribution in [1.82, 2.24) is 0 Å². The summed E-state index contributed by atoms with van der Waals surface area (Å²) >= 11 is 3.54. The van der Waals surface area contributed by atoms with Gasteiger partial charge in [-0.25, -0.2) is 4.39 Å². The first-order chi connectivity index (χ1) is 16.5. The molecule has 3 aromatic rings. The van der Waals surface area contributed by atoms with E-state index in [1.165, 1.54) is 12.1 Å². The summed E-state index contributed by atoms with van der Waals surface area (Å²) < 4.78 is 20.3. The van der Waals surface area contributed by atoms with Crippen LogP contribution < -0.4 is 9.64 Å². The number of ether oxygens (including phenoxy) is 1. The van der Waals surface area contributed by atoms with Gasteiger partial charge in [-0.15, -0.1) is 0 Å². The Morgan fingerprint density at radius 1 is 1.09 bits per heavy atom. The molecule has 1 saturated heterocycles. The van der Waals surface area contributed by atoms with Gasteiger partial charge in [-0.1, -0.05) is 65.7 Å². The number of aliphatic hydroxyl groups is 1. The van der Waals surface area contributed by atoms with E-state index in [1.807, 2.05) is 53.4 Å². The van der Waals surface area contributed by atoms with E-state index in [0.29, 0.717) is 25.0 Å². The van der Waals surface area contributed by atoms with Gasteiger partial charge in [-0.3, -0.25) is 4.79 Å². The number of carbonyl (C=O) groups is 1. The Kier molecular flexibility index (Phi) is 8.01. The Balaban J connectivity index is 1.60. The molecule has 3 atom stereocenters. The number of carbonyl (C=O) groups excluding carboxylic acids is 1. The molecule has 0 bridgehead atoms. The van der Waals surface area contributed by atoms with Crippen molar-refractivity contribution in [1.29, 1.82) is 0 Å². The molecule has 6 heteroatoms. The highest BCUT2D eigenvalue weighted by Gasteiger charge is 2.49. The SMILES string of the molecule is CCCCOc1cc(Br)ccc1[C@@H]1[C@@H](CC[C@H](O)c2ccc(F)cc2)C(=O)N1c1ccccc1. The minimum absolute atomic E-state index is 0.0323. The number of nitrogens with zero attached hydrogens (tertiary/aromatic N) is 1. The van der Waals surface area contributed by atoms with Crippen LogP contribution in [0.1, 0.15) is 55.9 Å². The van der Waals surface area contributed by atoms with Crippen LogP contribution in [0.5, 0.6) is 5.75 Å². The number of rotatable bonds is 10. The van der Waals surface area contributed by atoms with Crippen LogP contribution in [0, 0.1) is 11.7 Å². The zero-order valence-electron chi connectivity index (χ0n) is 19.2. The maximum Gasteiger partial charge on any atom is 0.233 e. The highest BCUT2D eigenvalue weighted by atomic mass is 79.9. The fourth-order valence-electron chi connectivity index (χ4n) is 4.46. The standard InChI is InChI=1S/C28H29BrFNO3/c1-2-3-17-34-26-18-20(29)11-14-23(26)27-24(28(33)31(27)22-7-5-4-6-8-22)15-16-25(32)19-9-12-21(30)13-10-19/h4-14,18,24-25,27,32H,2-3,15-17H2,1H3/t24-,25+,27-/m1/s1. The van der Waals surface area contributed by atoms with E-state index in [-0.39, 0.29) is 23.7 Å². The molecule has 1 N–H and O–H groups in total. The zero-order chi connectivity index (χ0) is 24.1. The fourth-order valence-corrected chi connectivity index (χ4v) is 4.80. The first-order valence-corrected chi connectivity index (χ1v) is 12.5. The van der Waals surface area contributed by atoms with Crippen LogP contribution in [0.2, 0.25) is 0 Å². The molecule has 3 aromatic carbocycles. The highest BCUT2D eigenvalue weighted by Crippen LogP contribution is 2.49. The second-order valence-electron chi connectivity index (χ2n) is 8.62. The van der Waals surface area contributed by atoms with Gasteiger partial charge in [0.2, 0.25) is 5.91 Å². The predicted molar refractivity (Wildman–Crippen MR) is 135 cm³/mol. The van der Waals surface area contributed by atoms with E-state index < -0.39 is 6.10 Å². The Bertz CT molecular complexity index is 1110. The predicted octanol–water partition coefficient (Wildman–Crippen LogP) is 6.99. The van der Waals surface area contributed by atoms with Gasteiger partial charge in [0.05, 0.1) is 24.7 Å². The zero-order valence-corrected chi connectivity index (χ0v) is 20.7. The van der Waals surface area contributed by atoms with E-state index in [0.717, 1.165) is 34.3 Å². The summed E-state index contributed by atoms with van der Waals surface area (Å²) in [6, 6.07) is 21.3. The van der Waals surface area contributed by atoms with Gasteiger partial charge in [0.15, 0.2) is 0 Å². The topological polar surface area (TPSA) is 49.8 Å². The number of hydrogen-bond acceptors (Lipinski definition) is 3. The van der Waals surface area contributed by atoms with Crippen molar-refractivity contribution >= 4 is 27.5 Å². The number of para-hydroxylation sites is 1. The van der Waals surface area contributed by atoms with Gasteiger partial charge in [-0.05, 0) is 61.2 Å². The lowest BCUT2D eigenvalue weighted by atomic mass is 9.78. The van der Waals surface area contributed by atoms with Crippen molar-refractivity contribution in [2.45, 2.75) is 44.8 Å². The Hall–Kier alpha value is -2.70. The average Bonchev–Trinajstić information content (AvgIpc) is 2.84. The molecule has 1 fully saturated rings. The fraction of sp³-hybridized carbons (Fsp3) is 0.321. The third-order valence-electron chi connectivity index (χ3n) is 6.30. The number of aliphatic hydroxyl groups excluding tert-OH is 1. The number of unbranched alkanes of at least 4 members (excludes halogenated alkanes) is 1. The molecule has 1 heterocycles. The van der Waals surface area contributed by atoms with Crippen molar-refractivity contribution in [2.24, 2.45) is 5.92 Å². The largest absolute Gasteiger partial charge is 0.493 e. The summed E-state index contributed by atoms with van der Waals surface area (Å²) in [6.45, 7) is 2.73. The third kappa shape index (κ3) is 5.34. The maximum atomic E-state index is 13.3. The van der Waals surface area contributed by atoms with Gasteiger partial charge in [0, 0.05) is 15.7 Å². The van der Waals surface area contributed by atoms with Crippen LogP contribution in [-0.4, -0.2) is 17.6 Å². The molecule has 1 aliphatic heterocycles. The summed E-state index contributed by atoms with van der Waals surface area (Å²) in [5, 5.41) is 10.7. The Labute approximate surface area is 208 Å². The number of benzene rings is 3. The van der Waals surface area contributed by atoms with Gasteiger partial charge in [-0.2, -0.15) is 0 Å². The lowest BCUT2D eigenvalue weighted by Crippen LogP contribution is -2.55. The molecule has 34 heavy (non-hydrogen) atoms. The van der Waals surface area contributed by atoms with Crippen LogP contribution in [0.15, 0.2) is 77.3 Å². The number of amides is 1. The second-order valence-corrected chi connectivity index (χ2v) is 9.54. The smallest absolute Gasteiger partial charge is 0.233 e. The van der Waals surface area contributed by atoms with Gasteiger partial charge >= 0.3 is 0 Å². The minimum Gasteiger partial charge on any atom is -0.493 e. The quantitative estimate of drug-likeness (QED) is 0.229. The third-order valence-corrected chi connectivity index (χ3v) is 6.80. The molecule has 0 unspecified atom stereocenters. The van der Waals surface area contributed by atoms with Crippen molar-refractivity contribution in [2.75, 3.05) is 11.5 Å². The van der Waals surface area contributed by atoms with Crippen LogP contribution in [0.3, 0.4) is 0 Å². The van der Waals surface area contributed by atoms with Crippen molar-refractivity contribution in [3.63, 3.8) is 0 Å². The maximum absolute atomic E-state index is 13.3. The molecule has 4 rings (SSSR count). The number of halogens is 2. The van der Waals surface area contributed by atoms with Gasteiger partial charge in [0.25, 0.3) is 0 Å². The minimum atomic E-state index is -0.759. The number of anilines is 1. The van der Waals surface area contributed by atoms with Crippen molar-refractivity contribution in [3.8, 4) is 5.75 Å². The molecule has 0 spiro atoms. The summed E-state index contributed by atoms with van der Waals surface area (Å²) in [5.41, 5.74) is 2.45. The summed E-state index contributed by atoms with van der Waals surface area (Å²) in [4.78, 5) is 15.1. The van der Waals surface area contributed by atoms with Gasteiger partial charge < -0.3 is 14.7 Å². The summed E-state index contributed by atoms with van der Waals surface area (Å²) in [6.07, 6.45) is 2.14. The molecule has 1 amide bonds. The molecule has 4 nitrogen and oxygen atoms in total. The molecule has 0 aromatic heterocycles. The van der Waals surface area contributed by atoms with Crippen LogP contribution in [0.4, 0.5) is 10.1 Å². The van der Waals surface area contributed by atoms with Crippen LogP contribution in [0.25, 0.3) is 0 Å². The second kappa shape index (κ2) is 11.2. The van der Waals surface area contributed by atoms with Crippen LogP contribution >= 0.6 is 15.9 Å². The van der Waals surface area contributed by atoms with E-state index in [2.05, 4.69) is 22.9 Å². The first kappa shape index (κ1) is 24.4. The van der Waals surface area contributed by atoms with E-state index >= 15 is 0 Å². The summed E-state index contributed by atoms with van der Waals surface area (Å²) in [7, 11) is 0. The molecule has 0 aliphatic carbocycles. The molecule has 0 saturated carbocycles. The van der Waals surface area contributed by atoms with Crippen molar-refractivity contribution < 1.29 is 19.0 Å². The normalized spacial score (nSPS) is 18.5. The molecule has 178 valence electrons. The van der Waals surface area contributed by atoms with E-state index in [9.17, 15) is 14.3 Å². The van der Waals surface area contributed by atoms with Crippen LogP contribution in [-0.2, 0) is 4.79 Å². The molecule has 1 aliphatic rings. The lowest BCUT2D eigenvalue weighted by molar-refractivity contribution is -0.131. The Morgan fingerprint density at radius 3 is 2.53 bits per heavy atom. The lowest BCUT2D eigenvalue weighted by Gasteiger charge is -2.48. The number of β-lactam (4-membered cyclic amide) rings is 1. The molecular formula is C28H29BrFNO3. The average molecular weight is 526 g/mol. The highest BCUT2D eigenvalue weighted by molar-refractivity contribution is 9.10. The molecular weight excluding hydrogens is 497 g/mol. The van der Waals surface area contributed by atoms with E-state index in [4.69, 9.17) is 4.74 Å². The number of hydrogen-bond donors (Lipinski definition) is 1. The first-order valence-electron chi connectivity index (χ1n) is 11.7. The monoisotopic (exact) mass is 525 g/mol. The van der Waals surface area contributed by atoms with E-state index in [1.54, 1.807) is 12.1 Å². The van der Waals surface area contributed by atoms with Crippen molar-refractivity contribution in [3.05, 3.63) is 94.2 Å². The summed E-state index contributed by atoms with van der Waals surface area (Å²) in [5.74, 6) is 0.176. The Morgan fingerprint density at radius 2 is 1.82 bits per heavy atom. The molecule has 0 radical (unpaired) electrons.